The minimum atomic E-state index is -0.303. The summed E-state index contributed by atoms with van der Waals surface area (Å²) in [6, 6.07) is 4.99. The molecule has 0 aliphatic carbocycles. The van der Waals surface area contributed by atoms with Crippen molar-refractivity contribution >= 4 is 17.4 Å². The standard InChI is InChI=1S/C11H14N6O/c1-2-17-7-8(6-13-17)14-11(18)9-4-3-5-10(15-9)16-12/h3-7H,2,12H2,1H3,(H,14,18)(H,15,16). The van der Waals surface area contributed by atoms with Gasteiger partial charge in [0.15, 0.2) is 0 Å². The fourth-order valence-electron chi connectivity index (χ4n) is 1.44. The number of pyridine rings is 1. The molecule has 7 nitrogen and oxygen atoms in total. The summed E-state index contributed by atoms with van der Waals surface area (Å²) in [7, 11) is 0. The average Bonchev–Trinajstić information content (AvgIpc) is 2.86. The molecule has 0 aromatic carbocycles. The summed E-state index contributed by atoms with van der Waals surface area (Å²) in [6.45, 7) is 2.72. The second-order valence-electron chi connectivity index (χ2n) is 3.59. The Hall–Kier alpha value is -2.41. The van der Waals surface area contributed by atoms with Crippen LogP contribution in [0.25, 0.3) is 0 Å². The highest BCUT2D eigenvalue weighted by Crippen LogP contribution is 2.08. The Balaban J connectivity index is 2.11. The molecule has 0 atom stereocenters. The molecule has 0 aliphatic heterocycles. The number of nitrogens with two attached hydrogens (primary N) is 1. The van der Waals surface area contributed by atoms with Gasteiger partial charge in [0, 0.05) is 12.7 Å². The van der Waals surface area contributed by atoms with Crippen molar-refractivity contribution in [3.05, 3.63) is 36.3 Å². The molecule has 0 fully saturated rings. The minimum absolute atomic E-state index is 0.287. The van der Waals surface area contributed by atoms with Gasteiger partial charge >= 0.3 is 0 Å². The fourth-order valence-corrected chi connectivity index (χ4v) is 1.44. The van der Waals surface area contributed by atoms with Crippen LogP contribution in [-0.2, 0) is 6.54 Å². The van der Waals surface area contributed by atoms with Crippen LogP contribution in [0.4, 0.5) is 11.5 Å². The van der Waals surface area contributed by atoms with Crippen LogP contribution < -0.4 is 16.6 Å². The maximum atomic E-state index is 11.9. The molecule has 18 heavy (non-hydrogen) atoms. The Morgan fingerprint density at radius 2 is 2.33 bits per heavy atom. The number of anilines is 2. The minimum Gasteiger partial charge on any atom is -0.318 e. The van der Waals surface area contributed by atoms with E-state index in [1.807, 2.05) is 6.92 Å². The highest BCUT2D eigenvalue weighted by atomic mass is 16.1. The molecule has 0 radical (unpaired) electrons. The third-order valence-electron chi connectivity index (χ3n) is 2.34. The number of nitrogens with zero attached hydrogens (tertiary/aromatic N) is 3. The van der Waals surface area contributed by atoms with E-state index in [2.05, 4.69) is 20.8 Å². The van der Waals surface area contributed by atoms with Crippen LogP contribution in [0.2, 0.25) is 0 Å². The van der Waals surface area contributed by atoms with Crippen LogP contribution in [0.3, 0.4) is 0 Å². The highest BCUT2D eigenvalue weighted by molar-refractivity contribution is 6.02. The summed E-state index contributed by atoms with van der Waals surface area (Å²) in [6.07, 6.45) is 3.34. The number of hydrogen-bond acceptors (Lipinski definition) is 5. The molecular formula is C11H14N6O. The zero-order valence-electron chi connectivity index (χ0n) is 9.92. The van der Waals surface area contributed by atoms with Crippen molar-refractivity contribution in [2.24, 2.45) is 5.84 Å². The molecule has 0 spiro atoms. The van der Waals surface area contributed by atoms with Gasteiger partial charge in [-0.05, 0) is 19.1 Å². The lowest BCUT2D eigenvalue weighted by Crippen LogP contribution is -2.15. The molecule has 0 bridgehead atoms. The molecule has 1 amide bonds. The van der Waals surface area contributed by atoms with Crippen molar-refractivity contribution in [2.45, 2.75) is 13.5 Å². The van der Waals surface area contributed by atoms with Gasteiger partial charge in [0.1, 0.15) is 11.5 Å². The predicted octanol–water partition coefficient (Wildman–Crippen LogP) is 0.836. The van der Waals surface area contributed by atoms with Crippen LogP contribution in [0, 0.1) is 0 Å². The third kappa shape index (κ3) is 2.64. The molecule has 0 aliphatic rings. The Bertz CT molecular complexity index is 550. The lowest BCUT2D eigenvalue weighted by Gasteiger charge is -2.03. The Morgan fingerprint density at radius 3 is 3.00 bits per heavy atom. The maximum Gasteiger partial charge on any atom is 0.274 e. The lowest BCUT2D eigenvalue weighted by atomic mass is 10.3. The first-order chi connectivity index (χ1) is 8.72. The molecule has 2 rings (SSSR count). The van der Waals surface area contributed by atoms with E-state index >= 15 is 0 Å². The smallest absolute Gasteiger partial charge is 0.274 e. The van der Waals surface area contributed by atoms with E-state index in [4.69, 9.17) is 5.84 Å². The summed E-state index contributed by atoms with van der Waals surface area (Å²) in [5.74, 6) is 5.37. The second-order valence-corrected chi connectivity index (χ2v) is 3.59. The molecule has 0 saturated carbocycles. The van der Waals surface area contributed by atoms with Crippen LogP contribution in [-0.4, -0.2) is 20.7 Å². The van der Waals surface area contributed by atoms with Gasteiger partial charge in [0.05, 0.1) is 11.9 Å². The molecule has 94 valence electrons. The van der Waals surface area contributed by atoms with E-state index in [9.17, 15) is 4.79 Å². The summed E-state index contributed by atoms with van der Waals surface area (Å²) >= 11 is 0. The molecule has 0 saturated heterocycles. The van der Waals surface area contributed by atoms with Crippen LogP contribution >= 0.6 is 0 Å². The number of carbonyl (C=O) groups is 1. The number of nitrogen functional groups attached to an aromatic ring is 1. The van der Waals surface area contributed by atoms with Crippen molar-refractivity contribution in [1.29, 1.82) is 0 Å². The third-order valence-corrected chi connectivity index (χ3v) is 2.34. The SMILES string of the molecule is CCn1cc(NC(=O)c2cccc(NN)n2)cn1. The van der Waals surface area contributed by atoms with Gasteiger partial charge < -0.3 is 10.7 Å². The number of aryl methyl sites for hydroxylation is 1. The fraction of sp³-hybridized carbons (Fsp3) is 0.182. The van der Waals surface area contributed by atoms with Gasteiger partial charge in [-0.15, -0.1) is 0 Å². The quantitative estimate of drug-likeness (QED) is 0.548. The molecular weight excluding hydrogens is 232 g/mol. The van der Waals surface area contributed by atoms with Gasteiger partial charge in [-0.2, -0.15) is 5.10 Å². The average molecular weight is 246 g/mol. The number of amides is 1. The molecule has 2 heterocycles. The predicted molar refractivity (Wildman–Crippen MR) is 67.9 cm³/mol. The first-order valence-electron chi connectivity index (χ1n) is 5.50. The van der Waals surface area contributed by atoms with Crippen LogP contribution in [0.1, 0.15) is 17.4 Å². The number of nitrogens with one attached hydrogen (secondary N) is 2. The van der Waals surface area contributed by atoms with Crippen molar-refractivity contribution in [3.63, 3.8) is 0 Å². The van der Waals surface area contributed by atoms with Gasteiger partial charge in [-0.3, -0.25) is 9.48 Å². The normalized spacial score (nSPS) is 10.1. The Labute approximate surface area is 104 Å². The number of carbonyl (C=O) groups excluding carboxylic acids is 1. The van der Waals surface area contributed by atoms with Gasteiger partial charge in [0.25, 0.3) is 5.91 Å². The largest absolute Gasteiger partial charge is 0.318 e. The molecule has 2 aromatic heterocycles. The molecule has 7 heteroatoms. The van der Waals surface area contributed by atoms with Gasteiger partial charge in [-0.25, -0.2) is 10.8 Å². The van der Waals surface area contributed by atoms with E-state index < -0.39 is 0 Å². The zero-order valence-corrected chi connectivity index (χ0v) is 9.92. The van der Waals surface area contributed by atoms with Crippen molar-refractivity contribution in [2.75, 3.05) is 10.7 Å². The monoisotopic (exact) mass is 246 g/mol. The molecule has 0 unspecified atom stereocenters. The Morgan fingerprint density at radius 1 is 1.50 bits per heavy atom. The molecule has 2 aromatic rings. The van der Waals surface area contributed by atoms with E-state index in [0.717, 1.165) is 6.54 Å². The van der Waals surface area contributed by atoms with Crippen molar-refractivity contribution < 1.29 is 4.79 Å². The van der Waals surface area contributed by atoms with E-state index in [1.54, 1.807) is 35.3 Å². The Kier molecular flexibility index (Phi) is 3.54. The molecule has 4 N–H and O–H groups in total. The van der Waals surface area contributed by atoms with E-state index in [1.165, 1.54) is 0 Å². The van der Waals surface area contributed by atoms with Crippen LogP contribution in [0.15, 0.2) is 30.6 Å². The summed E-state index contributed by atoms with van der Waals surface area (Å²) in [4.78, 5) is 15.9. The number of hydrogen-bond donors (Lipinski definition) is 3. The summed E-state index contributed by atoms with van der Waals surface area (Å²) in [5, 5.41) is 6.78. The van der Waals surface area contributed by atoms with Crippen LogP contribution in [0.5, 0.6) is 0 Å². The second kappa shape index (κ2) is 5.28. The topological polar surface area (TPSA) is 97.9 Å². The number of hydrazine groups is 1. The zero-order chi connectivity index (χ0) is 13.0. The highest BCUT2D eigenvalue weighted by Gasteiger charge is 2.09. The summed E-state index contributed by atoms with van der Waals surface area (Å²) < 4.78 is 1.72. The first kappa shape index (κ1) is 12.1. The van der Waals surface area contributed by atoms with E-state index in [0.29, 0.717) is 11.5 Å². The number of aromatic nitrogens is 3. The van der Waals surface area contributed by atoms with Gasteiger partial charge in [-0.1, -0.05) is 6.07 Å². The first-order valence-corrected chi connectivity index (χ1v) is 5.50. The summed E-state index contributed by atoms with van der Waals surface area (Å²) in [5.41, 5.74) is 3.31. The van der Waals surface area contributed by atoms with Crippen molar-refractivity contribution in [3.8, 4) is 0 Å². The number of rotatable bonds is 4. The maximum absolute atomic E-state index is 11.9. The van der Waals surface area contributed by atoms with Gasteiger partial charge in [0.2, 0.25) is 0 Å². The van der Waals surface area contributed by atoms with Crippen molar-refractivity contribution in [1.82, 2.24) is 14.8 Å². The lowest BCUT2D eigenvalue weighted by molar-refractivity contribution is 0.102. The van der Waals surface area contributed by atoms with E-state index in [-0.39, 0.29) is 11.6 Å².